The molecule has 0 aromatic carbocycles. The van der Waals surface area contributed by atoms with E-state index >= 15 is 0 Å². The molecule has 1 N–H and O–H groups in total. The van der Waals surface area contributed by atoms with Crippen molar-refractivity contribution >= 4 is 11.6 Å². The van der Waals surface area contributed by atoms with Gasteiger partial charge in [0.15, 0.2) is 5.75 Å². The molecular formula is C12H11ClN2O2. The predicted molar refractivity (Wildman–Crippen MR) is 64.2 cm³/mol. The normalized spacial score (nSPS) is 10.3. The van der Waals surface area contributed by atoms with E-state index in [2.05, 4.69) is 9.97 Å². The van der Waals surface area contributed by atoms with Crippen LogP contribution in [-0.4, -0.2) is 15.1 Å². The maximum atomic E-state index is 9.05. The fourth-order valence-corrected chi connectivity index (χ4v) is 1.49. The Morgan fingerprint density at radius 2 is 2.18 bits per heavy atom. The average Bonchev–Trinajstić information content (AvgIpc) is 2.34. The van der Waals surface area contributed by atoms with Gasteiger partial charge in [-0.2, -0.15) is 0 Å². The Labute approximate surface area is 104 Å². The first kappa shape index (κ1) is 11.8. The minimum atomic E-state index is -0.220. The monoisotopic (exact) mass is 250 g/mol. The molecule has 17 heavy (non-hydrogen) atoms. The Balaban J connectivity index is 2.28. The second-order valence-electron chi connectivity index (χ2n) is 3.43. The zero-order valence-corrected chi connectivity index (χ0v) is 9.98. The Kier molecular flexibility index (Phi) is 3.56. The third-order valence-corrected chi connectivity index (χ3v) is 2.56. The minimum absolute atomic E-state index is 0.220. The van der Waals surface area contributed by atoms with Crippen molar-refractivity contribution in [3.05, 3.63) is 46.9 Å². The molecule has 0 aliphatic heterocycles. The van der Waals surface area contributed by atoms with E-state index in [1.165, 1.54) is 0 Å². The van der Waals surface area contributed by atoms with Crippen molar-refractivity contribution < 1.29 is 9.84 Å². The van der Waals surface area contributed by atoms with E-state index in [1.54, 1.807) is 30.5 Å². The molecule has 0 saturated carbocycles. The molecule has 2 rings (SSSR count). The summed E-state index contributed by atoms with van der Waals surface area (Å²) in [6.07, 6.45) is 1.69. The van der Waals surface area contributed by atoms with Crippen LogP contribution in [0, 0.1) is 6.92 Å². The lowest BCUT2D eigenvalue weighted by atomic mass is 10.3. The number of hydrogen-bond donors (Lipinski definition) is 1. The number of rotatable bonds is 3. The number of halogens is 1. The highest BCUT2D eigenvalue weighted by atomic mass is 35.5. The van der Waals surface area contributed by atoms with E-state index in [0.717, 1.165) is 5.69 Å². The Bertz CT molecular complexity index is 532. The fraction of sp³-hybridized carbons (Fsp3) is 0.167. The van der Waals surface area contributed by atoms with Crippen LogP contribution in [0.25, 0.3) is 0 Å². The van der Waals surface area contributed by atoms with Gasteiger partial charge in [-0.3, -0.25) is 4.98 Å². The first-order valence-electron chi connectivity index (χ1n) is 5.06. The van der Waals surface area contributed by atoms with Crippen molar-refractivity contribution in [2.75, 3.05) is 0 Å². The SMILES string of the molecule is Cc1ncccc1Oc1ccc(Cl)c(CO)n1. The number of aliphatic hydroxyl groups excluding tert-OH is 1. The van der Waals surface area contributed by atoms with Crippen LogP contribution in [0.3, 0.4) is 0 Å². The lowest BCUT2D eigenvalue weighted by Gasteiger charge is -2.08. The van der Waals surface area contributed by atoms with Crippen LogP contribution in [-0.2, 0) is 6.61 Å². The lowest BCUT2D eigenvalue weighted by molar-refractivity contribution is 0.275. The molecule has 2 aromatic rings. The van der Waals surface area contributed by atoms with Gasteiger partial charge in [0.2, 0.25) is 5.88 Å². The number of hydrogen-bond acceptors (Lipinski definition) is 4. The number of aryl methyl sites for hydroxylation is 1. The average molecular weight is 251 g/mol. The highest BCUT2D eigenvalue weighted by molar-refractivity contribution is 6.31. The second kappa shape index (κ2) is 5.12. The van der Waals surface area contributed by atoms with Crippen LogP contribution < -0.4 is 4.74 Å². The smallest absolute Gasteiger partial charge is 0.219 e. The maximum Gasteiger partial charge on any atom is 0.219 e. The molecule has 0 atom stereocenters. The molecule has 5 heteroatoms. The topological polar surface area (TPSA) is 55.2 Å². The summed E-state index contributed by atoms with van der Waals surface area (Å²) in [5, 5.41) is 9.47. The van der Waals surface area contributed by atoms with Crippen molar-refractivity contribution in [2.24, 2.45) is 0 Å². The lowest BCUT2D eigenvalue weighted by Crippen LogP contribution is -1.96. The minimum Gasteiger partial charge on any atom is -0.437 e. The van der Waals surface area contributed by atoms with Gasteiger partial charge in [-0.05, 0) is 25.1 Å². The highest BCUT2D eigenvalue weighted by Gasteiger charge is 2.06. The van der Waals surface area contributed by atoms with Gasteiger partial charge in [0.1, 0.15) is 0 Å². The molecule has 0 bridgehead atoms. The van der Waals surface area contributed by atoms with Crippen LogP contribution in [0.1, 0.15) is 11.4 Å². The summed E-state index contributed by atoms with van der Waals surface area (Å²) in [6.45, 7) is 1.63. The third-order valence-electron chi connectivity index (χ3n) is 2.22. The highest BCUT2D eigenvalue weighted by Crippen LogP contribution is 2.24. The molecule has 2 aromatic heterocycles. The van der Waals surface area contributed by atoms with Crippen LogP contribution in [0.2, 0.25) is 5.02 Å². The molecule has 2 heterocycles. The summed E-state index contributed by atoms with van der Waals surface area (Å²) in [4.78, 5) is 8.20. The molecule has 0 aliphatic rings. The number of pyridine rings is 2. The van der Waals surface area contributed by atoms with E-state index in [1.807, 2.05) is 6.92 Å². The number of aliphatic hydroxyl groups is 1. The first-order valence-corrected chi connectivity index (χ1v) is 5.44. The molecule has 0 spiro atoms. The molecule has 0 unspecified atom stereocenters. The summed E-state index contributed by atoms with van der Waals surface area (Å²) >= 11 is 5.84. The van der Waals surface area contributed by atoms with Crippen molar-refractivity contribution in [3.8, 4) is 11.6 Å². The van der Waals surface area contributed by atoms with Gasteiger partial charge in [0.25, 0.3) is 0 Å². The quantitative estimate of drug-likeness (QED) is 0.910. The van der Waals surface area contributed by atoms with Crippen molar-refractivity contribution in [1.82, 2.24) is 9.97 Å². The molecule has 0 fully saturated rings. The van der Waals surface area contributed by atoms with Crippen LogP contribution in [0.15, 0.2) is 30.5 Å². The zero-order chi connectivity index (χ0) is 12.3. The van der Waals surface area contributed by atoms with E-state index in [9.17, 15) is 0 Å². The molecule has 88 valence electrons. The van der Waals surface area contributed by atoms with Crippen molar-refractivity contribution in [2.45, 2.75) is 13.5 Å². The summed E-state index contributed by atoms with van der Waals surface area (Å²) in [7, 11) is 0. The van der Waals surface area contributed by atoms with E-state index in [-0.39, 0.29) is 6.61 Å². The number of nitrogens with zero attached hydrogens (tertiary/aromatic N) is 2. The summed E-state index contributed by atoms with van der Waals surface area (Å²) in [6, 6.07) is 6.87. The fourth-order valence-electron chi connectivity index (χ4n) is 1.32. The Morgan fingerprint density at radius 1 is 1.35 bits per heavy atom. The largest absolute Gasteiger partial charge is 0.437 e. The van der Waals surface area contributed by atoms with E-state index < -0.39 is 0 Å². The van der Waals surface area contributed by atoms with Gasteiger partial charge in [0.05, 0.1) is 23.0 Å². The number of aromatic nitrogens is 2. The van der Waals surface area contributed by atoms with Gasteiger partial charge in [-0.1, -0.05) is 11.6 Å². The Morgan fingerprint density at radius 3 is 2.88 bits per heavy atom. The summed E-state index contributed by atoms with van der Waals surface area (Å²) in [5.74, 6) is 1.01. The van der Waals surface area contributed by atoms with Crippen LogP contribution in [0.5, 0.6) is 11.6 Å². The van der Waals surface area contributed by atoms with E-state index in [0.29, 0.717) is 22.3 Å². The zero-order valence-electron chi connectivity index (χ0n) is 9.22. The van der Waals surface area contributed by atoms with Gasteiger partial charge >= 0.3 is 0 Å². The van der Waals surface area contributed by atoms with E-state index in [4.69, 9.17) is 21.4 Å². The standard InChI is InChI=1S/C12H11ClN2O2/c1-8-11(3-2-6-14-8)17-12-5-4-9(13)10(7-16)15-12/h2-6,16H,7H2,1H3. The molecular weight excluding hydrogens is 240 g/mol. The molecule has 4 nitrogen and oxygen atoms in total. The predicted octanol–water partition coefficient (Wildman–Crippen LogP) is 2.72. The van der Waals surface area contributed by atoms with Crippen LogP contribution >= 0.6 is 11.6 Å². The molecule has 0 amide bonds. The molecule has 0 aliphatic carbocycles. The Hall–Kier alpha value is -1.65. The van der Waals surface area contributed by atoms with Crippen molar-refractivity contribution in [1.29, 1.82) is 0 Å². The van der Waals surface area contributed by atoms with Crippen molar-refractivity contribution in [3.63, 3.8) is 0 Å². The second-order valence-corrected chi connectivity index (χ2v) is 3.83. The van der Waals surface area contributed by atoms with Crippen LogP contribution in [0.4, 0.5) is 0 Å². The summed E-state index contributed by atoms with van der Waals surface area (Å²) < 4.78 is 5.56. The third kappa shape index (κ3) is 2.72. The summed E-state index contributed by atoms with van der Waals surface area (Å²) in [5.41, 5.74) is 1.17. The molecule has 0 radical (unpaired) electrons. The van der Waals surface area contributed by atoms with Gasteiger partial charge in [0, 0.05) is 12.3 Å². The maximum absolute atomic E-state index is 9.05. The van der Waals surface area contributed by atoms with Gasteiger partial charge in [-0.15, -0.1) is 0 Å². The van der Waals surface area contributed by atoms with Gasteiger partial charge in [-0.25, -0.2) is 4.98 Å². The molecule has 0 saturated heterocycles. The first-order chi connectivity index (χ1) is 8.20. The number of ether oxygens (including phenoxy) is 1. The van der Waals surface area contributed by atoms with Gasteiger partial charge < -0.3 is 9.84 Å².